The van der Waals surface area contributed by atoms with Crippen LogP contribution in [0.3, 0.4) is 0 Å². The highest BCUT2D eigenvalue weighted by atomic mass is 32.2. The first-order valence-electron chi connectivity index (χ1n) is 4.77. The Kier molecular flexibility index (Phi) is 5.03. The third kappa shape index (κ3) is 4.80. The van der Waals surface area contributed by atoms with Crippen LogP contribution in [0.5, 0.6) is 0 Å². The van der Waals surface area contributed by atoms with Crippen LogP contribution in [0.1, 0.15) is 16.1 Å². The molecule has 0 unspecified atom stereocenters. The van der Waals surface area contributed by atoms with Gasteiger partial charge in [-0.25, -0.2) is 14.3 Å². The number of thioether (sulfide) groups is 1. The number of nitrogen functional groups attached to an aromatic ring is 1. The van der Waals surface area contributed by atoms with Crippen LogP contribution in [0.15, 0.2) is 16.7 Å². The Hall–Kier alpha value is -0.990. The third-order valence-corrected chi connectivity index (χ3v) is 4.15. The zero-order chi connectivity index (χ0) is 12.9. The van der Waals surface area contributed by atoms with E-state index in [1.807, 2.05) is 5.43 Å². The predicted molar refractivity (Wildman–Crippen MR) is 66.2 cm³/mol. The normalized spacial score (nSPS) is 11.4. The van der Waals surface area contributed by atoms with E-state index in [0.717, 1.165) is 0 Å². The Bertz CT molecular complexity index is 481. The van der Waals surface area contributed by atoms with Crippen molar-refractivity contribution in [3.63, 3.8) is 0 Å². The summed E-state index contributed by atoms with van der Waals surface area (Å²) in [7, 11) is -2.94. The molecule has 0 bridgehead atoms. The quantitative estimate of drug-likeness (QED) is 0.332. The smallest absolute Gasteiger partial charge is 0.301 e. The fourth-order valence-corrected chi connectivity index (χ4v) is 3.38. The van der Waals surface area contributed by atoms with Gasteiger partial charge in [0.2, 0.25) is 0 Å². The molecular weight excluding hydrogens is 264 g/mol. The number of hydrazine groups is 1. The molecule has 0 aromatic carbocycles. The van der Waals surface area contributed by atoms with Gasteiger partial charge in [0.1, 0.15) is 9.84 Å². The predicted octanol–water partition coefficient (Wildman–Crippen LogP) is 0.161. The first-order chi connectivity index (χ1) is 7.94. The zero-order valence-electron chi connectivity index (χ0n) is 9.30. The summed E-state index contributed by atoms with van der Waals surface area (Å²) in [6.45, 7) is 0. The summed E-state index contributed by atoms with van der Waals surface area (Å²) in [5.41, 5.74) is 2.69. The van der Waals surface area contributed by atoms with E-state index in [-0.39, 0.29) is 11.5 Å². The van der Waals surface area contributed by atoms with Gasteiger partial charge in [0, 0.05) is 23.3 Å². The highest BCUT2D eigenvalue weighted by Crippen LogP contribution is 2.17. The van der Waals surface area contributed by atoms with Gasteiger partial charge in [-0.1, -0.05) is 0 Å². The van der Waals surface area contributed by atoms with Gasteiger partial charge in [-0.3, -0.25) is 10.2 Å². The van der Waals surface area contributed by atoms with Crippen molar-refractivity contribution in [2.75, 3.05) is 17.8 Å². The summed E-state index contributed by atoms with van der Waals surface area (Å²) in [5, 5.41) is 0. The van der Waals surface area contributed by atoms with E-state index in [2.05, 4.69) is 0 Å². The van der Waals surface area contributed by atoms with Crippen molar-refractivity contribution in [1.82, 2.24) is 5.43 Å². The van der Waals surface area contributed by atoms with Crippen molar-refractivity contribution in [2.24, 2.45) is 5.84 Å². The molecular formula is C9H14N2O4S2. The van der Waals surface area contributed by atoms with Gasteiger partial charge in [0.15, 0.2) is 5.76 Å². The van der Waals surface area contributed by atoms with Crippen LogP contribution in [-0.2, 0) is 15.6 Å². The largest absolute Gasteiger partial charge is 0.459 e. The first-order valence-corrected chi connectivity index (χ1v) is 7.98. The van der Waals surface area contributed by atoms with Crippen molar-refractivity contribution in [2.45, 2.75) is 5.75 Å². The molecule has 0 saturated heterocycles. The number of nitrogens with one attached hydrogen (secondary N) is 1. The molecule has 8 heteroatoms. The number of rotatable bonds is 6. The van der Waals surface area contributed by atoms with Crippen molar-refractivity contribution in [3.05, 3.63) is 23.7 Å². The zero-order valence-corrected chi connectivity index (χ0v) is 10.9. The number of carbonyl (C=O) groups excluding carboxylic acids is 1. The van der Waals surface area contributed by atoms with Crippen LogP contribution < -0.4 is 11.3 Å². The minimum atomic E-state index is -2.94. The van der Waals surface area contributed by atoms with Crippen molar-refractivity contribution in [1.29, 1.82) is 0 Å². The molecule has 1 amide bonds. The molecule has 3 N–H and O–H groups in total. The third-order valence-electron chi connectivity index (χ3n) is 1.94. The number of hydrogen-bond acceptors (Lipinski definition) is 6. The Labute approximate surface area is 104 Å². The Morgan fingerprint density at radius 3 is 2.88 bits per heavy atom. The van der Waals surface area contributed by atoms with Crippen molar-refractivity contribution in [3.8, 4) is 0 Å². The molecule has 17 heavy (non-hydrogen) atoms. The Balaban J connectivity index is 2.47. The number of sulfone groups is 1. The first kappa shape index (κ1) is 14.1. The van der Waals surface area contributed by atoms with Crippen LogP contribution in [0, 0.1) is 0 Å². The molecule has 0 aliphatic carbocycles. The highest BCUT2D eigenvalue weighted by molar-refractivity contribution is 7.99. The molecule has 1 aromatic rings. The van der Waals surface area contributed by atoms with Crippen LogP contribution in [0.2, 0.25) is 0 Å². The van der Waals surface area contributed by atoms with Crippen molar-refractivity contribution >= 4 is 27.5 Å². The molecule has 0 aliphatic heterocycles. The summed E-state index contributed by atoms with van der Waals surface area (Å²) in [4.78, 5) is 11.3. The second-order valence-electron chi connectivity index (χ2n) is 3.43. The average Bonchev–Trinajstić information content (AvgIpc) is 2.70. The molecule has 0 fully saturated rings. The van der Waals surface area contributed by atoms with Crippen LogP contribution >= 0.6 is 11.8 Å². The number of furan rings is 1. The van der Waals surface area contributed by atoms with Gasteiger partial charge in [0.25, 0.3) is 0 Å². The molecule has 1 rings (SSSR count). The number of hydrogen-bond donors (Lipinski definition) is 2. The Morgan fingerprint density at radius 2 is 2.29 bits per heavy atom. The monoisotopic (exact) mass is 278 g/mol. The summed E-state index contributed by atoms with van der Waals surface area (Å²) in [6, 6.07) is 1.66. The molecule has 0 spiro atoms. The second-order valence-corrected chi connectivity index (χ2v) is 6.80. The fraction of sp³-hybridized carbons (Fsp3) is 0.444. The van der Waals surface area contributed by atoms with E-state index in [0.29, 0.717) is 17.1 Å². The lowest BCUT2D eigenvalue weighted by Crippen LogP contribution is -2.30. The van der Waals surface area contributed by atoms with Crippen LogP contribution in [0.4, 0.5) is 0 Å². The van der Waals surface area contributed by atoms with Gasteiger partial charge in [-0.05, 0) is 6.07 Å². The maximum atomic E-state index is 11.3. The lowest BCUT2D eigenvalue weighted by molar-refractivity contribution is 0.0925. The van der Waals surface area contributed by atoms with Crippen LogP contribution in [-0.4, -0.2) is 32.1 Å². The van der Waals surface area contributed by atoms with Gasteiger partial charge >= 0.3 is 5.91 Å². The van der Waals surface area contributed by atoms with Crippen molar-refractivity contribution < 1.29 is 17.6 Å². The topological polar surface area (TPSA) is 102 Å². The lowest BCUT2D eigenvalue weighted by atomic mass is 10.3. The molecule has 1 aromatic heterocycles. The SMILES string of the molecule is CS(=O)(=O)CCSCc1ccoc1C(=O)NN. The summed E-state index contributed by atoms with van der Waals surface area (Å²) < 4.78 is 26.8. The van der Waals surface area contributed by atoms with Crippen LogP contribution in [0.25, 0.3) is 0 Å². The van der Waals surface area contributed by atoms with E-state index >= 15 is 0 Å². The standard InChI is InChI=1S/C9H14N2O4S2/c1-17(13,14)5-4-16-6-7-2-3-15-8(7)9(12)11-10/h2-3H,4-6,10H2,1H3,(H,11,12). The van der Waals surface area contributed by atoms with E-state index in [4.69, 9.17) is 10.3 Å². The number of amides is 1. The minimum absolute atomic E-state index is 0.119. The molecule has 0 saturated carbocycles. The molecule has 0 aliphatic rings. The molecule has 6 nitrogen and oxygen atoms in total. The lowest BCUT2D eigenvalue weighted by Gasteiger charge is -2.01. The molecule has 96 valence electrons. The number of carbonyl (C=O) groups is 1. The average molecular weight is 278 g/mol. The summed E-state index contributed by atoms with van der Waals surface area (Å²) >= 11 is 1.42. The molecule has 0 radical (unpaired) electrons. The Morgan fingerprint density at radius 1 is 1.59 bits per heavy atom. The van der Waals surface area contributed by atoms with Gasteiger partial charge in [-0.2, -0.15) is 11.8 Å². The van der Waals surface area contributed by atoms with Gasteiger partial charge in [-0.15, -0.1) is 0 Å². The summed E-state index contributed by atoms with van der Waals surface area (Å²) in [6.07, 6.45) is 2.59. The maximum Gasteiger partial charge on any atom is 0.301 e. The van der Waals surface area contributed by atoms with E-state index in [1.54, 1.807) is 6.07 Å². The molecule has 1 heterocycles. The summed E-state index contributed by atoms with van der Waals surface area (Å²) in [5.74, 6) is 5.78. The highest BCUT2D eigenvalue weighted by Gasteiger charge is 2.14. The number of nitrogens with two attached hydrogens (primary N) is 1. The van der Waals surface area contributed by atoms with Gasteiger partial charge in [0.05, 0.1) is 12.0 Å². The second kappa shape index (κ2) is 6.08. The molecule has 0 atom stereocenters. The van der Waals surface area contributed by atoms with E-state index in [9.17, 15) is 13.2 Å². The fourth-order valence-electron chi connectivity index (χ4n) is 1.11. The van der Waals surface area contributed by atoms with Gasteiger partial charge < -0.3 is 4.42 Å². The van der Waals surface area contributed by atoms with E-state index in [1.165, 1.54) is 24.3 Å². The van der Waals surface area contributed by atoms with E-state index < -0.39 is 15.7 Å². The maximum absolute atomic E-state index is 11.3. The minimum Gasteiger partial charge on any atom is -0.459 e.